The van der Waals surface area contributed by atoms with Crippen LogP contribution in [0.1, 0.15) is 46.4 Å². The standard InChI is InChI=1S/C18H20N6O2.C5H8F2/c1-21-8-11-6-12(26-2)7-13-14(11)9-24(18(13)25)16-5-3-4-15(23-16)17(20)22-10-19;6-5(7)3-4-1-2-4/h3-7,10,21H,8-9H2,1-2H3,(H3,19,20,22);4-5H,1-3H2. The predicted molar refractivity (Wildman–Crippen MR) is 123 cm³/mol. The third-order valence-electron chi connectivity index (χ3n) is 5.40. The highest BCUT2D eigenvalue weighted by atomic mass is 19.3. The van der Waals surface area contributed by atoms with Crippen LogP contribution in [0.5, 0.6) is 5.75 Å². The Bertz CT molecular complexity index is 1040. The predicted octanol–water partition coefficient (Wildman–Crippen LogP) is 3.33. The van der Waals surface area contributed by atoms with E-state index in [1.165, 1.54) is 0 Å². The molecule has 4 rings (SSSR count). The largest absolute Gasteiger partial charge is 0.497 e. The maximum Gasteiger partial charge on any atom is 0.260 e. The molecule has 1 fully saturated rings. The number of aliphatic imine (C=N–C) groups is 1. The number of fused-ring (bicyclic) bond motifs is 1. The van der Waals surface area contributed by atoms with Gasteiger partial charge in [-0.15, -0.1) is 0 Å². The highest BCUT2D eigenvalue weighted by Gasteiger charge is 2.32. The maximum absolute atomic E-state index is 12.9. The van der Waals surface area contributed by atoms with Gasteiger partial charge in [0.15, 0.2) is 5.84 Å². The highest BCUT2D eigenvalue weighted by molar-refractivity contribution is 6.10. The number of methoxy groups -OCH3 is 1. The number of rotatable bonds is 8. The van der Waals surface area contributed by atoms with Gasteiger partial charge in [-0.05, 0) is 61.2 Å². The summed E-state index contributed by atoms with van der Waals surface area (Å²) in [6.07, 6.45) is 0.999. The molecule has 33 heavy (non-hydrogen) atoms. The quantitative estimate of drug-likeness (QED) is 0.414. The lowest BCUT2D eigenvalue weighted by atomic mass is 10.0. The average molecular weight is 459 g/mol. The summed E-state index contributed by atoms with van der Waals surface area (Å²) in [6.45, 7) is 1.06. The summed E-state index contributed by atoms with van der Waals surface area (Å²) in [7, 11) is 3.44. The van der Waals surface area contributed by atoms with Crippen molar-refractivity contribution in [2.75, 3.05) is 19.1 Å². The number of pyridine rings is 1. The van der Waals surface area contributed by atoms with Crippen LogP contribution < -0.4 is 20.7 Å². The number of ether oxygens (including phenoxy) is 1. The number of amidine groups is 1. The molecule has 4 N–H and O–H groups in total. The van der Waals surface area contributed by atoms with Crippen molar-refractivity contribution in [3.8, 4) is 5.75 Å². The average Bonchev–Trinajstić information content (AvgIpc) is 3.55. The van der Waals surface area contributed by atoms with Crippen LogP contribution >= 0.6 is 0 Å². The molecule has 0 saturated heterocycles. The molecule has 0 spiro atoms. The zero-order chi connectivity index (χ0) is 24.0. The van der Waals surface area contributed by atoms with Crippen molar-refractivity contribution in [2.24, 2.45) is 16.6 Å². The van der Waals surface area contributed by atoms with E-state index in [2.05, 4.69) is 15.3 Å². The van der Waals surface area contributed by atoms with E-state index in [0.717, 1.165) is 30.3 Å². The Labute approximate surface area is 191 Å². The van der Waals surface area contributed by atoms with Gasteiger partial charge < -0.3 is 15.8 Å². The van der Waals surface area contributed by atoms with E-state index in [4.69, 9.17) is 15.9 Å². The van der Waals surface area contributed by atoms with E-state index in [9.17, 15) is 13.6 Å². The van der Waals surface area contributed by atoms with Gasteiger partial charge in [-0.1, -0.05) is 6.07 Å². The summed E-state index contributed by atoms with van der Waals surface area (Å²) in [6, 6.07) is 8.89. The monoisotopic (exact) mass is 458 g/mol. The topological polar surface area (TPSA) is 117 Å². The number of hydrogen-bond acceptors (Lipinski definition) is 5. The Hall–Kier alpha value is -3.40. The number of anilines is 1. The molecular weight excluding hydrogens is 430 g/mol. The Morgan fingerprint density at radius 1 is 1.42 bits per heavy atom. The molecule has 2 heterocycles. The fourth-order valence-electron chi connectivity index (χ4n) is 3.56. The normalized spacial score (nSPS) is 15.2. The molecule has 1 aliphatic carbocycles. The van der Waals surface area contributed by atoms with Gasteiger partial charge in [0.1, 0.15) is 23.6 Å². The van der Waals surface area contributed by atoms with E-state index in [0.29, 0.717) is 41.8 Å². The molecule has 1 amide bonds. The number of alkyl halides is 2. The van der Waals surface area contributed by atoms with Crippen molar-refractivity contribution in [3.05, 3.63) is 52.7 Å². The number of aromatic nitrogens is 1. The van der Waals surface area contributed by atoms with Gasteiger partial charge >= 0.3 is 0 Å². The summed E-state index contributed by atoms with van der Waals surface area (Å²) in [5.74, 6) is 1.50. The molecule has 2 aromatic rings. The second-order valence-corrected chi connectivity index (χ2v) is 7.83. The number of halogens is 2. The fourth-order valence-corrected chi connectivity index (χ4v) is 3.56. The molecule has 0 atom stereocenters. The summed E-state index contributed by atoms with van der Waals surface area (Å²) in [5.41, 5.74) is 8.80. The lowest BCUT2D eigenvalue weighted by Gasteiger charge is -2.15. The second-order valence-electron chi connectivity index (χ2n) is 7.83. The van der Waals surface area contributed by atoms with E-state index in [1.807, 2.05) is 13.1 Å². The molecule has 2 aliphatic rings. The van der Waals surface area contributed by atoms with Crippen molar-refractivity contribution < 1.29 is 18.3 Å². The van der Waals surface area contributed by atoms with Crippen LogP contribution in [0.25, 0.3) is 0 Å². The first-order valence-corrected chi connectivity index (χ1v) is 10.6. The minimum absolute atomic E-state index is 0.128. The van der Waals surface area contributed by atoms with Gasteiger partial charge in [-0.25, -0.2) is 18.8 Å². The lowest BCUT2D eigenvalue weighted by molar-refractivity contribution is 0.0995. The van der Waals surface area contributed by atoms with Crippen LogP contribution in [0.4, 0.5) is 14.6 Å². The number of amides is 1. The van der Waals surface area contributed by atoms with Crippen LogP contribution in [-0.2, 0) is 13.1 Å². The van der Waals surface area contributed by atoms with Crippen LogP contribution in [0.3, 0.4) is 0 Å². The molecule has 1 saturated carbocycles. The minimum atomic E-state index is -2.06. The van der Waals surface area contributed by atoms with Gasteiger partial charge in [0.2, 0.25) is 6.43 Å². The number of nitrogens with one attached hydrogen (secondary N) is 2. The minimum Gasteiger partial charge on any atom is -0.497 e. The number of carbonyl (C=O) groups excluding carboxylic acids is 1. The van der Waals surface area contributed by atoms with E-state index in [1.54, 1.807) is 36.3 Å². The Balaban J connectivity index is 0.000000374. The summed E-state index contributed by atoms with van der Waals surface area (Å²) >= 11 is 0. The third-order valence-corrected chi connectivity index (χ3v) is 5.40. The molecule has 10 heteroatoms. The molecule has 8 nitrogen and oxygen atoms in total. The Morgan fingerprint density at radius 2 is 2.18 bits per heavy atom. The molecule has 0 radical (unpaired) electrons. The molecule has 1 aliphatic heterocycles. The SMILES string of the molecule is CNCc1cc(OC)cc2c1CN(c1cccc(C(N)=NC=N)n1)C2=O.FC(F)CC1CC1. The molecule has 0 bridgehead atoms. The van der Waals surface area contributed by atoms with Gasteiger partial charge in [0, 0.05) is 18.5 Å². The maximum atomic E-state index is 12.9. The van der Waals surface area contributed by atoms with Crippen LogP contribution in [0, 0.1) is 11.3 Å². The van der Waals surface area contributed by atoms with Crippen molar-refractivity contribution in [1.82, 2.24) is 10.3 Å². The van der Waals surface area contributed by atoms with Crippen LogP contribution in [0.15, 0.2) is 35.3 Å². The molecule has 0 unspecified atom stereocenters. The smallest absolute Gasteiger partial charge is 0.260 e. The number of nitrogens with zero attached hydrogens (tertiary/aromatic N) is 3. The third kappa shape index (κ3) is 6.10. The van der Waals surface area contributed by atoms with Crippen molar-refractivity contribution >= 4 is 23.9 Å². The van der Waals surface area contributed by atoms with Gasteiger partial charge in [-0.3, -0.25) is 15.1 Å². The summed E-state index contributed by atoms with van der Waals surface area (Å²) in [4.78, 5) is 22.7. The molecule has 176 valence electrons. The van der Waals surface area contributed by atoms with Crippen molar-refractivity contribution in [1.29, 1.82) is 5.41 Å². The molecular formula is C23H28F2N6O2. The first-order chi connectivity index (χ1) is 15.9. The number of hydrogen-bond donors (Lipinski definition) is 3. The van der Waals surface area contributed by atoms with Gasteiger partial charge in [0.05, 0.1) is 13.7 Å². The van der Waals surface area contributed by atoms with E-state index < -0.39 is 6.43 Å². The first kappa shape index (κ1) is 24.2. The number of nitrogens with two attached hydrogens (primary N) is 1. The van der Waals surface area contributed by atoms with Gasteiger partial charge in [0.25, 0.3) is 5.91 Å². The van der Waals surface area contributed by atoms with Crippen molar-refractivity contribution in [3.63, 3.8) is 0 Å². The summed E-state index contributed by atoms with van der Waals surface area (Å²) in [5, 5.41) is 10.1. The summed E-state index contributed by atoms with van der Waals surface area (Å²) < 4.78 is 28.0. The fraction of sp³-hybridized carbons (Fsp3) is 0.391. The lowest BCUT2D eigenvalue weighted by Crippen LogP contribution is -2.25. The van der Waals surface area contributed by atoms with Crippen molar-refractivity contribution in [2.45, 2.75) is 38.8 Å². The Morgan fingerprint density at radius 3 is 2.76 bits per heavy atom. The second kappa shape index (κ2) is 11.0. The first-order valence-electron chi connectivity index (χ1n) is 10.6. The number of benzene rings is 1. The van der Waals surface area contributed by atoms with E-state index >= 15 is 0 Å². The molecule has 1 aromatic carbocycles. The van der Waals surface area contributed by atoms with Crippen LogP contribution in [0.2, 0.25) is 0 Å². The van der Waals surface area contributed by atoms with E-state index in [-0.39, 0.29) is 18.2 Å². The zero-order valence-electron chi connectivity index (χ0n) is 18.6. The highest BCUT2D eigenvalue weighted by Crippen LogP contribution is 2.34. The number of carbonyl (C=O) groups is 1. The molecule has 1 aromatic heterocycles. The zero-order valence-corrected chi connectivity index (χ0v) is 18.6. The van der Waals surface area contributed by atoms with Gasteiger partial charge in [-0.2, -0.15) is 0 Å². The van der Waals surface area contributed by atoms with Crippen LogP contribution in [-0.4, -0.2) is 43.6 Å². The Kier molecular flexibility index (Phi) is 8.05.